The van der Waals surface area contributed by atoms with E-state index in [9.17, 15) is 4.39 Å². The zero-order chi connectivity index (χ0) is 15.6. The molecule has 0 aliphatic heterocycles. The molecule has 0 bridgehead atoms. The number of hydrogen-bond donors (Lipinski definition) is 1. The molecule has 0 aliphatic carbocycles. The lowest BCUT2D eigenvalue weighted by Gasteiger charge is -2.24. The van der Waals surface area contributed by atoms with Gasteiger partial charge >= 0.3 is 0 Å². The Labute approximate surface area is 125 Å². The number of ether oxygens (including phenoxy) is 1. The van der Waals surface area contributed by atoms with Gasteiger partial charge in [-0.25, -0.2) is 4.39 Å². The van der Waals surface area contributed by atoms with E-state index in [2.05, 4.69) is 33.8 Å². The van der Waals surface area contributed by atoms with Gasteiger partial charge in [0.1, 0.15) is 11.6 Å². The van der Waals surface area contributed by atoms with E-state index in [1.54, 1.807) is 0 Å². The SMILES string of the molecule is CCc1ccc(Oc2cc(F)ccc2N)c(C(C)(C)C)c1. The Morgan fingerprint density at radius 2 is 1.76 bits per heavy atom. The van der Waals surface area contributed by atoms with Crippen LogP contribution < -0.4 is 10.5 Å². The van der Waals surface area contributed by atoms with Crippen molar-refractivity contribution in [3.8, 4) is 11.5 Å². The number of anilines is 1. The summed E-state index contributed by atoms with van der Waals surface area (Å²) in [6.07, 6.45) is 0.964. The van der Waals surface area contributed by atoms with Gasteiger partial charge in [0.25, 0.3) is 0 Å². The number of halogens is 1. The van der Waals surface area contributed by atoms with Crippen LogP contribution in [0.5, 0.6) is 11.5 Å². The zero-order valence-corrected chi connectivity index (χ0v) is 13.0. The van der Waals surface area contributed by atoms with Crippen LogP contribution in [0.2, 0.25) is 0 Å². The fraction of sp³-hybridized carbons (Fsp3) is 0.333. The van der Waals surface area contributed by atoms with Crippen molar-refractivity contribution in [2.24, 2.45) is 0 Å². The number of benzene rings is 2. The number of nitrogen functional groups attached to an aromatic ring is 1. The van der Waals surface area contributed by atoms with Crippen LogP contribution in [-0.2, 0) is 11.8 Å². The van der Waals surface area contributed by atoms with E-state index in [0.29, 0.717) is 11.4 Å². The van der Waals surface area contributed by atoms with E-state index >= 15 is 0 Å². The van der Waals surface area contributed by atoms with Crippen molar-refractivity contribution in [2.75, 3.05) is 5.73 Å². The lowest BCUT2D eigenvalue weighted by Crippen LogP contribution is -2.13. The molecular formula is C18H22FNO. The van der Waals surface area contributed by atoms with Crippen LogP contribution >= 0.6 is 0 Å². The van der Waals surface area contributed by atoms with Gasteiger partial charge in [0, 0.05) is 11.6 Å². The standard InChI is InChI=1S/C18H22FNO/c1-5-12-6-9-16(14(10-12)18(2,3)4)21-17-11-13(19)7-8-15(17)20/h6-11H,5,20H2,1-4H3. The summed E-state index contributed by atoms with van der Waals surface area (Å²) in [6, 6.07) is 10.3. The first-order valence-electron chi connectivity index (χ1n) is 7.17. The molecule has 2 nitrogen and oxygen atoms in total. The molecule has 2 N–H and O–H groups in total. The first-order chi connectivity index (χ1) is 9.81. The van der Waals surface area contributed by atoms with Crippen molar-refractivity contribution in [3.63, 3.8) is 0 Å². The highest BCUT2D eigenvalue weighted by Gasteiger charge is 2.20. The molecule has 0 spiro atoms. The molecule has 0 fully saturated rings. The van der Waals surface area contributed by atoms with E-state index in [1.165, 1.54) is 23.8 Å². The average Bonchev–Trinajstić information content (AvgIpc) is 2.42. The smallest absolute Gasteiger partial charge is 0.153 e. The van der Waals surface area contributed by atoms with Crippen molar-refractivity contribution in [3.05, 3.63) is 53.3 Å². The molecule has 0 saturated heterocycles. The third kappa shape index (κ3) is 3.54. The fourth-order valence-electron chi connectivity index (χ4n) is 2.19. The van der Waals surface area contributed by atoms with Crippen LogP contribution in [-0.4, -0.2) is 0 Å². The molecule has 3 heteroatoms. The first-order valence-corrected chi connectivity index (χ1v) is 7.17. The van der Waals surface area contributed by atoms with Gasteiger partial charge in [0.15, 0.2) is 5.75 Å². The van der Waals surface area contributed by atoms with Crippen molar-refractivity contribution >= 4 is 5.69 Å². The quantitative estimate of drug-likeness (QED) is 0.801. The molecule has 0 amide bonds. The third-order valence-corrected chi connectivity index (χ3v) is 3.46. The summed E-state index contributed by atoms with van der Waals surface area (Å²) in [5.41, 5.74) is 8.56. The van der Waals surface area contributed by atoms with Crippen molar-refractivity contribution in [1.82, 2.24) is 0 Å². The molecule has 21 heavy (non-hydrogen) atoms. The number of hydrogen-bond acceptors (Lipinski definition) is 2. The Morgan fingerprint density at radius 1 is 1.05 bits per heavy atom. The Bertz CT molecular complexity index is 644. The van der Waals surface area contributed by atoms with Crippen molar-refractivity contribution < 1.29 is 9.13 Å². The van der Waals surface area contributed by atoms with Crippen LogP contribution in [0.3, 0.4) is 0 Å². The Balaban J connectivity index is 2.46. The number of aryl methyl sites for hydroxylation is 1. The van der Waals surface area contributed by atoms with E-state index in [1.807, 2.05) is 12.1 Å². The minimum absolute atomic E-state index is 0.0669. The van der Waals surface area contributed by atoms with Crippen molar-refractivity contribution in [1.29, 1.82) is 0 Å². The number of rotatable bonds is 3. The monoisotopic (exact) mass is 287 g/mol. The normalized spacial score (nSPS) is 11.5. The maximum atomic E-state index is 13.4. The lowest BCUT2D eigenvalue weighted by atomic mass is 9.85. The summed E-state index contributed by atoms with van der Waals surface area (Å²) in [5, 5.41) is 0. The molecule has 2 aromatic carbocycles. The molecule has 0 aromatic heterocycles. The molecule has 0 radical (unpaired) electrons. The van der Waals surface area contributed by atoms with E-state index in [4.69, 9.17) is 10.5 Å². The summed E-state index contributed by atoms with van der Waals surface area (Å²) in [7, 11) is 0. The molecule has 0 aliphatic rings. The van der Waals surface area contributed by atoms with Gasteiger partial charge in [-0.3, -0.25) is 0 Å². The summed E-state index contributed by atoms with van der Waals surface area (Å²) in [5.74, 6) is 0.712. The second-order valence-corrected chi connectivity index (χ2v) is 6.22. The van der Waals surface area contributed by atoms with E-state index < -0.39 is 0 Å². The van der Waals surface area contributed by atoms with Crippen LogP contribution in [0, 0.1) is 5.82 Å². The van der Waals surface area contributed by atoms with Gasteiger partial charge in [0.2, 0.25) is 0 Å². The minimum Gasteiger partial charge on any atom is -0.455 e. The highest BCUT2D eigenvalue weighted by atomic mass is 19.1. The van der Waals surface area contributed by atoms with Gasteiger partial charge < -0.3 is 10.5 Å². The zero-order valence-electron chi connectivity index (χ0n) is 13.0. The predicted molar refractivity (Wildman–Crippen MR) is 85.4 cm³/mol. The van der Waals surface area contributed by atoms with Crippen molar-refractivity contribution in [2.45, 2.75) is 39.5 Å². The highest BCUT2D eigenvalue weighted by molar-refractivity contribution is 5.55. The van der Waals surface area contributed by atoms with E-state index in [0.717, 1.165) is 17.7 Å². The van der Waals surface area contributed by atoms with Gasteiger partial charge in [-0.05, 0) is 35.6 Å². The molecule has 0 heterocycles. The summed E-state index contributed by atoms with van der Waals surface area (Å²) < 4.78 is 19.2. The second-order valence-electron chi connectivity index (χ2n) is 6.22. The molecule has 0 saturated carbocycles. The van der Waals surface area contributed by atoms with Gasteiger partial charge in [-0.1, -0.05) is 39.8 Å². The van der Waals surface area contributed by atoms with E-state index in [-0.39, 0.29) is 11.2 Å². The first kappa shape index (κ1) is 15.4. The summed E-state index contributed by atoms with van der Waals surface area (Å²) >= 11 is 0. The Hall–Kier alpha value is -2.03. The minimum atomic E-state index is -0.360. The average molecular weight is 287 g/mol. The van der Waals surface area contributed by atoms with Gasteiger partial charge in [-0.15, -0.1) is 0 Å². The van der Waals surface area contributed by atoms with Crippen LogP contribution in [0.4, 0.5) is 10.1 Å². The lowest BCUT2D eigenvalue weighted by molar-refractivity contribution is 0.453. The Kier molecular flexibility index (Phi) is 4.21. The van der Waals surface area contributed by atoms with Gasteiger partial charge in [-0.2, -0.15) is 0 Å². The molecule has 0 atom stereocenters. The highest BCUT2D eigenvalue weighted by Crippen LogP contribution is 2.36. The van der Waals surface area contributed by atoms with Gasteiger partial charge in [0.05, 0.1) is 5.69 Å². The Morgan fingerprint density at radius 3 is 2.38 bits per heavy atom. The van der Waals surface area contributed by atoms with Crippen LogP contribution in [0.15, 0.2) is 36.4 Å². The maximum absolute atomic E-state index is 13.4. The molecular weight excluding hydrogens is 265 g/mol. The number of nitrogens with two attached hydrogens (primary N) is 1. The maximum Gasteiger partial charge on any atom is 0.153 e. The van der Waals surface area contributed by atoms with Crippen LogP contribution in [0.1, 0.15) is 38.8 Å². The fourth-order valence-corrected chi connectivity index (χ4v) is 2.19. The summed E-state index contributed by atoms with van der Waals surface area (Å²) in [6.45, 7) is 8.50. The predicted octanol–water partition coefficient (Wildman–Crippen LogP) is 5.06. The largest absolute Gasteiger partial charge is 0.455 e. The molecule has 2 aromatic rings. The molecule has 0 unspecified atom stereocenters. The second kappa shape index (κ2) is 5.76. The molecule has 112 valence electrons. The summed E-state index contributed by atoms with van der Waals surface area (Å²) in [4.78, 5) is 0. The molecule has 2 rings (SSSR count). The van der Waals surface area contributed by atoms with Crippen LogP contribution in [0.25, 0.3) is 0 Å². The third-order valence-electron chi connectivity index (χ3n) is 3.46. The topological polar surface area (TPSA) is 35.2 Å².